The van der Waals surface area contributed by atoms with E-state index >= 15 is 0 Å². The van der Waals surface area contributed by atoms with Crippen LogP contribution >= 0.6 is 11.8 Å². The van der Waals surface area contributed by atoms with Crippen molar-refractivity contribution in [1.82, 2.24) is 14.9 Å². The number of nitrogens with zero attached hydrogens (tertiary/aromatic N) is 2. The van der Waals surface area contributed by atoms with Crippen LogP contribution in [0.2, 0.25) is 0 Å². The van der Waals surface area contributed by atoms with Gasteiger partial charge in [-0.3, -0.25) is 19.0 Å². The molecule has 0 aliphatic heterocycles. The van der Waals surface area contributed by atoms with E-state index < -0.39 is 0 Å². The van der Waals surface area contributed by atoms with Gasteiger partial charge in [0.15, 0.2) is 5.16 Å². The largest absolute Gasteiger partial charge is 0.466 e. The van der Waals surface area contributed by atoms with Crippen molar-refractivity contribution in [3.8, 4) is 5.69 Å². The Morgan fingerprint density at radius 2 is 1.94 bits per heavy atom. The van der Waals surface area contributed by atoms with Crippen LogP contribution in [0, 0.1) is 13.8 Å². The van der Waals surface area contributed by atoms with Gasteiger partial charge in [0.05, 0.1) is 29.0 Å². The Kier molecular flexibility index (Phi) is 8.05. The molecule has 2 aromatic carbocycles. The first kappa shape index (κ1) is 23.5. The number of para-hydroxylation sites is 1. The second-order valence-corrected chi connectivity index (χ2v) is 8.33. The molecule has 0 bridgehead atoms. The average Bonchev–Trinajstić information content (AvgIpc) is 2.77. The number of hydrogen-bond donors (Lipinski definition) is 1. The predicted octanol–water partition coefficient (Wildman–Crippen LogP) is 3.55. The number of nitrogens with one attached hydrogen (secondary N) is 1. The fourth-order valence-corrected chi connectivity index (χ4v) is 4.09. The molecule has 3 rings (SSSR count). The lowest BCUT2D eigenvalue weighted by Gasteiger charge is -2.15. The standard InChI is InChI=1S/C24H27N3O4S/c1-4-31-22(29)10-7-13-25-21(28)15-32-24-26-19-9-6-5-8-18(19)23(30)27(24)20-14-16(2)11-12-17(20)3/h5-6,8-9,11-12,14H,4,7,10,13,15H2,1-3H3,(H,25,28). The molecular formula is C24H27N3O4S. The first-order valence-electron chi connectivity index (χ1n) is 10.5. The van der Waals surface area contributed by atoms with Crippen LogP contribution in [0.3, 0.4) is 0 Å². The molecule has 0 unspecified atom stereocenters. The number of hydrogen-bond acceptors (Lipinski definition) is 6. The van der Waals surface area contributed by atoms with Gasteiger partial charge in [-0.25, -0.2) is 4.98 Å². The van der Waals surface area contributed by atoms with E-state index in [1.165, 1.54) is 11.8 Å². The molecule has 1 amide bonds. The zero-order valence-corrected chi connectivity index (χ0v) is 19.3. The number of fused-ring (bicyclic) bond motifs is 1. The topological polar surface area (TPSA) is 90.3 Å². The number of ether oxygens (including phenoxy) is 1. The minimum Gasteiger partial charge on any atom is -0.466 e. The monoisotopic (exact) mass is 453 g/mol. The highest BCUT2D eigenvalue weighted by Gasteiger charge is 2.16. The maximum absolute atomic E-state index is 13.4. The Bertz CT molecular complexity index is 1190. The summed E-state index contributed by atoms with van der Waals surface area (Å²) in [6, 6.07) is 13.1. The lowest BCUT2D eigenvalue weighted by Crippen LogP contribution is -2.28. The molecule has 0 saturated carbocycles. The summed E-state index contributed by atoms with van der Waals surface area (Å²) < 4.78 is 6.46. The van der Waals surface area contributed by atoms with E-state index in [0.29, 0.717) is 35.6 Å². The van der Waals surface area contributed by atoms with Gasteiger partial charge in [-0.1, -0.05) is 36.0 Å². The summed E-state index contributed by atoms with van der Waals surface area (Å²) in [5.74, 6) is -0.350. The second kappa shape index (κ2) is 10.9. The molecule has 1 N–H and O–H groups in total. The van der Waals surface area contributed by atoms with Gasteiger partial charge in [0.1, 0.15) is 0 Å². The Balaban J connectivity index is 1.80. The molecule has 3 aromatic rings. The number of rotatable bonds is 9. The fraction of sp³-hybridized carbons (Fsp3) is 0.333. The van der Waals surface area contributed by atoms with Gasteiger partial charge in [-0.05, 0) is 56.5 Å². The number of amides is 1. The first-order valence-corrected chi connectivity index (χ1v) is 11.5. The minimum absolute atomic E-state index is 0.106. The summed E-state index contributed by atoms with van der Waals surface area (Å²) in [4.78, 5) is 41.8. The second-order valence-electron chi connectivity index (χ2n) is 7.39. The molecule has 0 atom stereocenters. The zero-order valence-electron chi connectivity index (χ0n) is 18.5. The summed E-state index contributed by atoms with van der Waals surface area (Å²) in [6.07, 6.45) is 0.774. The summed E-state index contributed by atoms with van der Waals surface area (Å²) in [7, 11) is 0. The van der Waals surface area contributed by atoms with E-state index in [1.54, 1.807) is 23.6 Å². The number of carbonyl (C=O) groups is 2. The number of aryl methyl sites for hydroxylation is 2. The molecule has 168 valence electrons. The van der Waals surface area contributed by atoms with E-state index in [0.717, 1.165) is 16.8 Å². The third-order valence-corrected chi connectivity index (χ3v) is 5.81. The highest BCUT2D eigenvalue weighted by molar-refractivity contribution is 7.99. The normalized spacial score (nSPS) is 10.8. The summed E-state index contributed by atoms with van der Waals surface area (Å²) in [6.45, 7) is 6.41. The predicted molar refractivity (Wildman–Crippen MR) is 126 cm³/mol. The molecule has 0 aliphatic carbocycles. The van der Waals surface area contributed by atoms with Gasteiger partial charge in [0.2, 0.25) is 5.91 Å². The van der Waals surface area contributed by atoms with Gasteiger partial charge in [-0.15, -0.1) is 0 Å². The fourth-order valence-electron chi connectivity index (χ4n) is 3.26. The number of esters is 1. The molecule has 0 aliphatic rings. The van der Waals surface area contributed by atoms with Crippen LogP contribution in [0.1, 0.15) is 30.9 Å². The smallest absolute Gasteiger partial charge is 0.305 e. The maximum atomic E-state index is 13.4. The molecular weight excluding hydrogens is 426 g/mol. The lowest BCUT2D eigenvalue weighted by molar-refractivity contribution is -0.143. The molecule has 0 spiro atoms. The summed E-state index contributed by atoms with van der Waals surface area (Å²) >= 11 is 1.21. The zero-order chi connectivity index (χ0) is 23.1. The number of benzene rings is 2. The van der Waals surface area contributed by atoms with E-state index in [2.05, 4.69) is 10.3 Å². The van der Waals surface area contributed by atoms with Crippen LogP contribution in [0.4, 0.5) is 0 Å². The Labute approximate surface area is 191 Å². The van der Waals surface area contributed by atoms with E-state index in [1.807, 2.05) is 44.2 Å². The van der Waals surface area contributed by atoms with Gasteiger partial charge in [-0.2, -0.15) is 0 Å². The molecule has 1 heterocycles. The van der Waals surface area contributed by atoms with E-state index in [4.69, 9.17) is 4.74 Å². The Hall–Kier alpha value is -3.13. The lowest BCUT2D eigenvalue weighted by atomic mass is 10.1. The molecule has 8 heteroatoms. The van der Waals surface area contributed by atoms with Crippen LogP contribution in [-0.4, -0.2) is 40.3 Å². The van der Waals surface area contributed by atoms with Crippen molar-refractivity contribution in [2.45, 2.75) is 38.8 Å². The molecule has 7 nitrogen and oxygen atoms in total. The highest BCUT2D eigenvalue weighted by Crippen LogP contribution is 2.23. The van der Waals surface area contributed by atoms with Crippen LogP contribution < -0.4 is 10.9 Å². The van der Waals surface area contributed by atoms with Gasteiger partial charge in [0.25, 0.3) is 5.56 Å². The van der Waals surface area contributed by atoms with Crippen molar-refractivity contribution in [2.24, 2.45) is 0 Å². The molecule has 1 aromatic heterocycles. The summed E-state index contributed by atoms with van der Waals surface area (Å²) in [5.41, 5.74) is 3.16. The molecule has 0 radical (unpaired) electrons. The number of aromatic nitrogens is 2. The van der Waals surface area contributed by atoms with Crippen LogP contribution in [0.5, 0.6) is 0 Å². The maximum Gasteiger partial charge on any atom is 0.305 e. The van der Waals surface area contributed by atoms with E-state index in [-0.39, 0.29) is 29.6 Å². The highest BCUT2D eigenvalue weighted by atomic mass is 32.2. The first-order chi connectivity index (χ1) is 15.4. The molecule has 0 saturated heterocycles. The van der Waals surface area contributed by atoms with Crippen LogP contribution in [0.15, 0.2) is 52.4 Å². The Morgan fingerprint density at radius 1 is 1.16 bits per heavy atom. The van der Waals surface area contributed by atoms with Gasteiger partial charge < -0.3 is 10.1 Å². The van der Waals surface area contributed by atoms with Crippen molar-refractivity contribution in [3.63, 3.8) is 0 Å². The van der Waals surface area contributed by atoms with Crippen molar-refractivity contribution in [2.75, 3.05) is 18.9 Å². The number of carbonyl (C=O) groups excluding carboxylic acids is 2. The van der Waals surface area contributed by atoms with Crippen LogP contribution in [-0.2, 0) is 14.3 Å². The van der Waals surface area contributed by atoms with E-state index in [9.17, 15) is 14.4 Å². The number of thioether (sulfide) groups is 1. The SMILES string of the molecule is CCOC(=O)CCCNC(=O)CSc1nc2ccccc2c(=O)n1-c1cc(C)ccc1C. The van der Waals surface area contributed by atoms with Gasteiger partial charge in [0, 0.05) is 13.0 Å². The molecule has 0 fully saturated rings. The third kappa shape index (κ3) is 5.76. The van der Waals surface area contributed by atoms with Gasteiger partial charge >= 0.3 is 5.97 Å². The third-order valence-electron chi connectivity index (χ3n) is 4.87. The van der Waals surface area contributed by atoms with Crippen molar-refractivity contribution in [3.05, 3.63) is 63.9 Å². The van der Waals surface area contributed by atoms with Crippen LogP contribution in [0.25, 0.3) is 16.6 Å². The quantitative estimate of drug-likeness (QED) is 0.231. The van der Waals surface area contributed by atoms with Crippen molar-refractivity contribution >= 4 is 34.5 Å². The van der Waals surface area contributed by atoms with Crippen molar-refractivity contribution in [1.29, 1.82) is 0 Å². The van der Waals surface area contributed by atoms with Crippen molar-refractivity contribution < 1.29 is 14.3 Å². The minimum atomic E-state index is -0.269. The Morgan fingerprint density at radius 3 is 2.72 bits per heavy atom. The molecule has 32 heavy (non-hydrogen) atoms. The summed E-state index contributed by atoms with van der Waals surface area (Å²) in [5, 5.41) is 3.79. The average molecular weight is 454 g/mol.